The molecule has 0 saturated heterocycles. The van der Waals surface area contributed by atoms with Gasteiger partial charge in [-0.05, 0) is 6.42 Å². The maximum atomic E-state index is 13.6. The first-order chi connectivity index (χ1) is 9.60. The lowest BCUT2D eigenvalue weighted by molar-refractivity contribution is 0.577. The third-order valence-electron chi connectivity index (χ3n) is 2.69. The molecule has 0 saturated carbocycles. The standard InChI is InChI=1S/C13H17F2N5/c1-3-4-16-12-10(14)5-11(15)13(19-12)17-6-9-7-18-20(2)8-9/h5,7-8H,3-4,6H2,1-2H3,(H2,16,17,19). The van der Waals surface area contributed by atoms with Gasteiger partial charge in [0.2, 0.25) is 0 Å². The molecule has 0 unspecified atom stereocenters. The predicted octanol–water partition coefficient (Wildman–Crippen LogP) is 2.53. The van der Waals surface area contributed by atoms with Crippen molar-refractivity contribution < 1.29 is 8.78 Å². The van der Waals surface area contributed by atoms with Crippen LogP contribution in [0.5, 0.6) is 0 Å². The molecule has 2 N–H and O–H groups in total. The van der Waals surface area contributed by atoms with Gasteiger partial charge in [0.15, 0.2) is 23.3 Å². The molecule has 2 aromatic rings. The van der Waals surface area contributed by atoms with Crippen molar-refractivity contribution >= 4 is 11.6 Å². The summed E-state index contributed by atoms with van der Waals surface area (Å²) in [5, 5.41) is 9.68. The summed E-state index contributed by atoms with van der Waals surface area (Å²) in [5.41, 5.74) is 0.890. The summed E-state index contributed by atoms with van der Waals surface area (Å²) in [7, 11) is 1.80. The minimum absolute atomic E-state index is 0.0221. The Labute approximate surface area is 116 Å². The lowest BCUT2D eigenvalue weighted by Gasteiger charge is -2.10. The van der Waals surface area contributed by atoms with E-state index in [4.69, 9.17) is 0 Å². The number of nitrogens with zero attached hydrogens (tertiary/aromatic N) is 3. The molecule has 108 valence electrons. The lowest BCUT2D eigenvalue weighted by Crippen LogP contribution is -2.09. The van der Waals surface area contributed by atoms with Gasteiger partial charge in [0.1, 0.15) is 0 Å². The van der Waals surface area contributed by atoms with Crippen LogP contribution in [0.15, 0.2) is 18.5 Å². The second kappa shape index (κ2) is 6.31. The fourth-order valence-electron chi connectivity index (χ4n) is 1.71. The molecule has 0 bridgehead atoms. The molecule has 0 amide bonds. The maximum Gasteiger partial charge on any atom is 0.168 e. The van der Waals surface area contributed by atoms with E-state index in [0.29, 0.717) is 13.1 Å². The highest BCUT2D eigenvalue weighted by atomic mass is 19.1. The summed E-state index contributed by atoms with van der Waals surface area (Å²) >= 11 is 0. The molecule has 20 heavy (non-hydrogen) atoms. The molecule has 0 aromatic carbocycles. The summed E-state index contributed by atoms with van der Waals surface area (Å²) < 4.78 is 28.8. The maximum absolute atomic E-state index is 13.6. The van der Waals surface area contributed by atoms with Crippen LogP contribution in [0.25, 0.3) is 0 Å². The first-order valence-electron chi connectivity index (χ1n) is 6.41. The van der Waals surface area contributed by atoms with Gasteiger partial charge in [-0.1, -0.05) is 6.92 Å². The number of aromatic nitrogens is 3. The molecule has 2 heterocycles. The van der Waals surface area contributed by atoms with E-state index < -0.39 is 11.6 Å². The summed E-state index contributed by atoms with van der Waals surface area (Å²) in [5.74, 6) is -1.33. The Morgan fingerprint density at radius 1 is 1.20 bits per heavy atom. The van der Waals surface area contributed by atoms with Gasteiger partial charge in [-0.15, -0.1) is 0 Å². The largest absolute Gasteiger partial charge is 0.368 e. The van der Waals surface area contributed by atoms with Crippen molar-refractivity contribution in [2.45, 2.75) is 19.9 Å². The Bertz CT molecular complexity index is 582. The average Bonchev–Trinajstić information content (AvgIpc) is 2.82. The first-order valence-corrected chi connectivity index (χ1v) is 6.41. The van der Waals surface area contributed by atoms with Crippen LogP contribution in [0.2, 0.25) is 0 Å². The SMILES string of the molecule is CCCNc1nc(NCc2cnn(C)c2)c(F)cc1F. The zero-order valence-electron chi connectivity index (χ0n) is 11.5. The van der Waals surface area contributed by atoms with E-state index in [-0.39, 0.29) is 11.6 Å². The molecule has 2 rings (SSSR count). The van der Waals surface area contributed by atoms with Crippen molar-refractivity contribution in [3.05, 3.63) is 35.7 Å². The minimum atomic E-state index is -0.714. The van der Waals surface area contributed by atoms with E-state index in [1.165, 1.54) is 0 Å². The van der Waals surface area contributed by atoms with Gasteiger partial charge in [-0.3, -0.25) is 4.68 Å². The lowest BCUT2D eigenvalue weighted by atomic mass is 10.3. The third-order valence-corrected chi connectivity index (χ3v) is 2.69. The van der Waals surface area contributed by atoms with Gasteiger partial charge in [0.25, 0.3) is 0 Å². The molecule has 2 aromatic heterocycles. The molecule has 0 aliphatic carbocycles. The zero-order chi connectivity index (χ0) is 14.5. The highest BCUT2D eigenvalue weighted by molar-refractivity contribution is 5.47. The molecule has 0 fully saturated rings. The highest BCUT2D eigenvalue weighted by Crippen LogP contribution is 2.19. The van der Waals surface area contributed by atoms with Crippen LogP contribution >= 0.6 is 0 Å². The number of halogens is 2. The van der Waals surface area contributed by atoms with E-state index in [0.717, 1.165) is 18.1 Å². The molecule has 0 spiro atoms. The van der Waals surface area contributed by atoms with E-state index >= 15 is 0 Å². The molecule has 0 atom stereocenters. The van der Waals surface area contributed by atoms with E-state index in [1.807, 2.05) is 13.1 Å². The van der Waals surface area contributed by atoms with Gasteiger partial charge < -0.3 is 10.6 Å². The van der Waals surface area contributed by atoms with Crippen molar-refractivity contribution in [3.8, 4) is 0 Å². The quantitative estimate of drug-likeness (QED) is 0.854. The van der Waals surface area contributed by atoms with Crippen LogP contribution in [0.1, 0.15) is 18.9 Å². The number of hydrogen-bond acceptors (Lipinski definition) is 4. The summed E-state index contributed by atoms with van der Waals surface area (Å²) in [6, 6.07) is 0.830. The molecule has 0 radical (unpaired) electrons. The van der Waals surface area contributed by atoms with Crippen molar-refractivity contribution in [2.75, 3.05) is 17.2 Å². The topological polar surface area (TPSA) is 54.8 Å². The Hall–Kier alpha value is -2.18. The van der Waals surface area contributed by atoms with Crippen molar-refractivity contribution in [1.29, 1.82) is 0 Å². The number of aryl methyl sites for hydroxylation is 1. The monoisotopic (exact) mass is 281 g/mol. The van der Waals surface area contributed by atoms with Crippen LogP contribution in [0.4, 0.5) is 20.4 Å². The smallest absolute Gasteiger partial charge is 0.168 e. The second-order valence-electron chi connectivity index (χ2n) is 4.45. The van der Waals surface area contributed by atoms with Crippen LogP contribution < -0.4 is 10.6 Å². The predicted molar refractivity (Wildman–Crippen MR) is 73.5 cm³/mol. The van der Waals surface area contributed by atoms with E-state index in [9.17, 15) is 8.78 Å². The van der Waals surface area contributed by atoms with Crippen LogP contribution in [0.3, 0.4) is 0 Å². The fourth-order valence-corrected chi connectivity index (χ4v) is 1.71. The number of pyridine rings is 1. The molecular weight excluding hydrogens is 264 g/mol. The Kier molecular flexibility index (Phi) is 4.49. The Morgan fingerprint density at radius 3 is 2.50 bits per heavy atom. The second-order valence-corrected chi connectivity index (χ2v) is 4.45. The van der Waals surface area contributed by atoms with Gasteiger partial charge in [0, 0.05) is 38.0 Å². The normalized spacial score (nSPS) is 10.6. The van der Waals surface area contributed by atoms with Crippen LogP contribution in [-0.4, -0.2) is 21.3 Å². The number of nitrogens with one attached hydrogen (secondary N) is 2. The highest BCUT2D eigenvalue weighted by Gasteiger charge is 2.11. The van der Waals surface area contributed by atoms with Gasteiger partial charge >= 0.3 is 0 Å². The third kappa shape index (κ3) is 3.43. The Balaban J connectivity index is 2.09. The van der Waals surface area contributed by atoms with Crippen LogP contribution in [-0.2, 0) is 13.6 Å². The van der Waals surface area contributed by atoms with Gasteiger partial charge in [-0.25, -0.2) is 13.8 Å². The molecule has 0 aliphatic heterocycles. The molecule has 5 nitrogen and oxygen atoms in total. The molecular formula is C13H17F2N5. The minimum Gasteiger partial charge on any atom is -0.368 e. The van der Waals surface area contributed by atoms with E-state index in [2.05, 4.69) is 20.7 Å². The number of hydrogen-bond donors (Lipinski definition) is 2. The zero-order valence-corrected chi connectivity index (χ0v) is 11.5. The summed E-state index contributed by atoms with van der Waals surface area (Å²) in [4.78, 5) is 3.93. The van der Waals surface area contributed by atoms with Crippen LogP contribution in [0, 0.1) is 11.6 Å². The Morgan fingerprint density at radius 2 is 1.90 bits per heavy atom. The number of anilines is 2. The summed E-state index contributed by atoms with van der Waals surface area (Å²) in [6.45, 7) is 2.91. The summed E-state index contributed by atoms with van der Waals surface area (Å²) in [6.07, 6.45) is 4.31. The first kappa shape index (κ1) is 14.2. The fraction of sp³-hybridized carbons (Fsp3) is 0.385. The van der Waals surface area contributed by atoms with Crippen molar-refractivity contribution in [3.63, 3.8) is 0 Å². The van der Waals surface area contributed by atoms with Crippen molar-refractivity contribution in [2.24, 2.45) is 7.05 Å². The van der Waals surface area contributed by atoms with E-state index in [1.54, 1.807) is 17.9 Å². The number of rotatable bonds is 6. The average molecular weight is 281 g/mol. The van der Waals surface area contributed by atoms with Gasteiger partial charge in [0.05, 0.1) is 6.20 Å². The molecule has 7 heteroatoms. The molecule has 0 aliphatic rings. The van der Waals surface area contributed by atoms with Gasteiger partial charge in [-0.2, -0.15) is 5.10 Å². The van der Waals surface area contributed by atoms with Crippen molar-refractivity contribution in [1.82, 2.24) is 14.8 Å².